The number of benzene rings is 1. The van der Waals surface area contributed by atoms with Gasteiger partial charge < -0.3 is 0 Å². The Kier molecular flexibility index (Phi) is 4.64. The van der Waals surface area contributed by atoms with Gasteiger partial charge in [0.15, 0.2) is 0 Å². The molecule has 1 aromatic carbocycles. The largest absolute Gasteiger partial charge is 0.416 e. The highest BCUT2D eigenvalue weighted by Gasteiger charge is 2.35. The lowest BCUT2D eigenvalue weighted by Crippen LogP contribution is -2.30. The maximum absolute atomic E-state index is 13.1. The number of halogens is 3. The molecule has 0 saturated heterocycles. The zero-order valence-corrected chi connectivity index (χ0v) is 11.6. The molecule has 0 aliphatic carbocycles. The summed E-state index contributed by atoms with van der Waals surface area (Å²) in [6.07, 6.45) is -0.291. The van der Waals surface area contributed by atoms with Crippen LogP contribution in [0.1, 0.15) is 36.1 Å². The molecule has 0 bridgehead atoms. The van der Waals surface area contributed by atoms with Crippen LogP contribution in [-0.4, -0.2) is 9.78 Å². The number of hydrogen-bond acceptors (Lipinski definition) is 3. The summed E-state index contributed by atoms with van der Waals surface area (Å²) in [5.74, 6) is 5.48. The molecule has 1 atom stereocenters. The molecule has 1 aromatic heterocycles. The second-order valence-corrected chi connectivity index (χ2v) is 4.72. The van der Waals surface area contributed by atoms with Crippen molar-refractivity contribution in [2.24, 2.45) is 5.84 Å². The normalized spacial score (nSPS) is 13.4. The highest BCUT2D eigenvalue weighted by atomic mass is 19.4. The highest BCUT2D eigenvalue weighted by Crippen LogP contribution is 2.36. The molecule has 0 saturated carbocycles. The first-order chi connectivity index (χ1) is 9.97. The molecular formula is C14H17F3N4. The molecule has 0 spiro atoms. The maximum Gasteiger partial charge on any atom is 0.416 e. The molecule has 1 heterocycles. The van der Waals surface area contributed by atoms with Crippen LogP contribution >= 0.6 is 0 Å². The van der Waals surface area contributed by atoms with E-state index in [1.165, 1.54) is 18.3 Å². The van der Waals surface area contributed by atoms with Gasteiger partial charge in [-0.25, -0.2) is 5.43 Å². The summed E-state index contributed by atoms with van der Waals surface area (Å²) in [5.41, 5.74) is 2.44. The van der Waals surface area contributed by atoms with Gasteiger partial charge in [0.1, 0.15) is 0 Å². The van der Waals surface area contributed by atoms with Gasteiger partial charge in [-0.05, 0) is 18.1 Å². The van der Waals surface area contributed by atoms with Crippen LogP contribution in [0.25, 0.3) is 0 Å². The van der Waals surface area contributed by atoms with Crippen molar-refractivity contribution in [3.63, 3.8) is 0 Å². The lowest BCUT2D eigenvalue weighted by Gasteiger charge is -2.20. The van der Waals surface area contributed by atoms with Crippen LogP contribution in [0, 0.1) is 0 Å². The van der Waals surface area contributed by atoms with E-state index in [0.29, 0.717) is 12.1 Å². The van der Waals surface area contributed by atoms with Crippen molar-refractivity contribution in [1.82, 2.24) is 15.2 Å². The minimum absolute atomic E-state index is 0.0866. The number of alkyl halides is 3. The lowest BCUT2D eigenvalue weighted by atomic mass is 9.96. The molecule has 1 unspecified atom stereocenters. The molecule has 2 aromatic rings. The Morgan fingerprint density at radius 1 is 1.33 bits per heavy atom. The zero-order chi connectivity index (χ0) is 15.5. The van der Waals surface area contributed by atoms with E-state index in [0.717, 1.165) is 12.5 Å². The summed E-state index contributed by atoms with van der Waals surface area (Å²) >= 11 is 0. The van der Waals surface area contributed by atoms with E-state index < -0.39 is 17.8 Å². The van der Waals surface area contributed by atoms with E-state index in [1.54, 1.807) is 16.9 Å². The van der Waals surface area contributed by atoms with Crippen molar-refractivity contribution in [2.75, 3.05) is 0 Å². The molecule has 4 nitrogen and oxygen atoms in total. The van der Waals surface area contributed by atoms with E-state index in [4.69, 9.17) is 5.84 Å². The van der Waals surface area contributed by atoms with Gasteiger partial charge >= 0.3 is 6.18 Å². The molecule has 0 radical (unpaired) electrons. The molecule has 0 fully saturated rings. The van der Waals surface area contributed by atoms with Crippen molar-refractivity contribution < 1.29 is 13.2 Å². The third-order valence-electron chi connectivity index (χ3n) is 3.18. The van der Waals surface area contributed by atoms with Crippen molar-refractivity contribution in [3.8, 4) is 0 Å². The van der Waals surface area contributed by atoms with Crippen molar-refractivity contribution in [2.45, 2.75) is 32.1 Å². The number of nitrogens with two attached hydrogens (primary N) is 1. The third-order valence-corrected chi connectivity index (χ3v) is 3.18. The van der Waals surface area contributed by atoms with Crippen LogP contribution in [0.2, 0.25) is 0 Å². The number of nitrogens with zero attached hydrogens (tertiary/aromatic N) is 2. The van der Waals surface area contributed by atoms with Crippen molar-refractivity contribution >= 4 is 0 Å². The SMILES string of the molecule is CCCn1cc(C(NN)c2ccccc2C(F)(F)F)cn1. The summed E-state index contributed by atoms with van der Waals surface area (Å²) in [6, 6.07) is 4.64. The van der Waals surface area contributed by atoms with Crippen LogP contribution in [-0.2, 0) is 12.7 Å². The summed E-state index contributed by atoms with van der Waals surface area (Å²) < 4.78 is 41.0. The fourth-order valence-electron chi connectivity index (χ4n) is 2.25. The molecule has 0 aliphatic heterocycles. The van der Waals surface area contributed by atoms with Crippen LogP contribution in [0.4, 0.5) is 13.2 Å². The minimum Gasteiger partial charge on any atom is -0.272 e. The Balaban J connectivity index is 2.41. The van der Waals surface area contributed by atoms with E-state index in [-0.39, 0.29) is 5.56 Å². The quantitative estimate of drug-likeness (QED) is 0.659. The smallest absolute Gasteiger partial charge is 0.272 e. The average Bonchev–Trinajstić information content (AvgIpc) is 2.88. The Morgan fingerprint density at radius 2 is 2.05 bits per heavy atom. The molecular weight excluding hydrogens is 281 g/mol. The second kappa shape index (κ2) is 6.28. The van der Waals surface area contributed by atoms with Gasteiger partial charge in [-0.2, -0.15) is 18.3 Å². The zero-order valence-electron chi connectivity index (χ0n) is 11.6. The molecule has 7 heteroatoms. The molecule has 21 heavy (non-hydrogen) atoms. The molecule has 0 amide bonds. The maximum atomic E-state index is 13.1. The molecule has 3 N–H and O–H groups in total. The Labute approximate surface area is 120 Å². The summed E-state index contributed by atoms with van der Waals surface area (Å²) in [5, 5.41) is 4.13. The predicted molar refractivity (Wildman–Crippen MR) is 73.1 cm³/mol. The minimum atomic E-state index is -4.43. The number of aromatic nitrogens is 2. The Morgan fingerprint density at radius 3 is 2.67 bits per heavy atom. The van der Waals surface area contributed by atoms with Gasteiger partial charge in [-0.3, -0.25) is 10.5 Å². The average molecular weight is 298 g/mol. The van der Waals surface area contributed by atoms with Gasteiger partial charge in [0.2, 0.25) is 0 Å². The first-order valence-corrected chi connectivity index (χ1v) is 6.62. The van der Waals surface area contributed by atoms with Gasteiger partial charge in [0.05, 0.1) is 17.8 Å². The molecule has 114 valence electrons. The molecule has 2 rings (SSSR count). The first kappa shape index (κ1) is 15.5. The fraction of sp³-hybridized carbons (Fsp3) is 0.357. The van der Waals surface area contributed by atoms with E-state index in [9.17, 15) is 13.2 Å². The highest BCUT2D eigenvalue weighted by molar-refractivity contribution is 5.37. The number of nitrogens with one attached hydrogen (secondary N) is 1. The Hall–Kier alpha value is -1.86. The fourth-order valence-corrected chi connectivity index (χ4v) is 2.25. The number of aryl methyl sites for hydroxylation is 1. The monoisotopic (exact) mass is 298 g/mol. The van der Waals surface area contributed by atoms with E-state index in [1.807, 2.05) is 6.92 Å². The number of hydrogen-bond donors (Lipinski definition) is 2. The van der Waals surface area contributed by atoms with Crippen LogP contribution < -0.4 is 11.3 Å². The van der Waals surface area contributed by atoms with Crippen molar-refractivity contribution in [1.29, 1.82) is 0 Å². The van der Waals surface area contributed by atoms with Gasteiger partial charge in [-0.15, -0.1) is 0 Å². The van der Waals surface area contributed by atoms with E-state index >= 15 is 0 Å². The topological polar surface area (TPSA) is 55.9 Å². The predicted octanol–water partition coefficient (Wildman–Crippen LogP) is 2.86. The second-order valence-electron chi connectivity index (χ2n) is 4.72. The standard InChI is InChI=1S/C14H17F3N4/c1-2-7-21-9-10(8-19-21)13(20-18)11-5-3-4-6-12(11)14(15,16)17/h3-6,8-9,13,20H,2,7,18H2,1H3. The summed E-state index contributed by atoms with van der Waals surface area (Å²) in [4.78, 5) is 0. The molecule has 0 aliphatic rings. The summed E-state index contributed by atoms with van der Waals surface area (Å²) in [6.45, 7) is 2.71. The summed E-state index contributed by atoms with van der Waals surface area (Å²) in [7, 11) is 0. The Bertz CT molecular complexity index is 592. The number of rotatable bonds is 5. The van der Waals surface area contributed by atoms with Crippen molar-refractivity contribution in [3.05, 3.63) is 53.3 Å². The first-order valence-electron chi connectivity index (χ1n) is 6.62. The van der Waals surface area contributed by atoms with Gasteiger partial charge in [0, 0.05) is 18.3 Å². The lowest BCUT2D eigenvalue weighted by molar-refractivity contribution is -0.138. The van der Waals surface area contributed by atoms with Crippen LogP contribution in [0.3, 0.4) is 0 Å². The van der Waals surface area contributed by atoms with Gasteiger partial charge in [0.25, 0.3) is 0 Å². The number of hydrazine groups is 1. The van der Waals surface area contributed by atoms with Gasteiger partial charge in [-0.1, -0.05) is 25.1 Å². The third kappa shape index (κ3) is 3.43. The van der Waals surface area contributed by atoms with Crippen LogP contribution in [0.5, 0.6) is 0 Å². The van der Waals surface area contributed by atoms with E-state index in [2.05, 4.69) is 10.5 Å². The van der Waals surface area contributed by atoms with Crippen LogP contribution in [0.15, 0.2) is 36.7 Å².